The Morgan fingerprint density at radius 2 is 1.67 bits per heavy atom. The van der Waals surface area contributed by atoms with Gasteiger partial charge in [-0.2, -0.15) is 0 Å². The number of benzene rings is 1. The number of aliphatic carboxylic acids is 1. The summed E-state index contributed by atoms with van der Waals surface area (Å²) in [7, 11) is 0. The second kappa shape index (κ2) is 13.6. The topological polar surface area (TPSA) is 192 Å². The normalized spacial score (nSPS) is 14.6. The van der Waals surface area contributed by atoms with E-state index in [1.807, 2.05) is 24.3 Å². The van der Waals surface area contributed by atoms with Gasteiger partial charge in [-0.1, -0.05) is 38.5 Å². The summed E-state index contributed by atoms with van der Waals surface area (Å²) in [6, 6.07) is 3.56. The van der Waals surface area contributed by atoms with E-state index >= 15 is 0 Å². The van der Waals surface area contributed by atoms with Gasteiger partial charge < -0.3 is 37.5 Å². The summed E-state index contributed by atoms with van der Waals surface area (Å²) in [6.45, 7) is 5.49. The van der Waals surface area contributed by atoms with Crippen LogP contribution in [0.3, 0.4) is 0 Å². The van der Waals surface area contributed by atoms with Gasteiger partial charge in [-0.3, -0.25) is 14.4 Å². The van der Waals surface area contributed by atoms with Gasteiger partial charge in [0.25, 0.3) is 0 Å². The molecular weight excluding hydrogens is 464 g/mol. The lowest BCUT2D eigenvalue weighted by molar-refractivity contribution is -0.142. The Bertz CT molecular complexity index is 1050. The number of hydrogen-bond donors (Lipinski definition) is 7. The van der Waals surface area contributed by atoms with E-state index < -0.39 is 47.9 Å². The highest BCUT2D eigenvalue weighted by Crippen LogP contribution is 2.19. The highest BCUT2D eigenvalue weighted by atomic mass is 16.4. The van der Waals surface area contributed by atoms with Gasteiger partial charge in [0.1, 0.15) is 18.1 Å². The SMILES string of the molecule is CC(NC(=O)C(NC(=O)C(N)CCCCN)C(C)C)C(=O)NC(Cc1c[nH]c2ccccc12)C(=O)O. The Balaban J connectivity index is 1.98. The highest BCUT2D eigenvalue weighted by Gasteiger charge is 2.30. The maximum atomic E-state index is 12.9. The fourth-order valence-electron chi connectivity index (χ4n) is 3.82. The van der Waals surface area contributed by atoms with E-state index in [9.17, 15) is 24.3 Å². The fraction of sp³-hybridized carbons (Fsp3) is 0.520. The average molecular weight is 503 g/mol. The molecule has 9 N–H and O–H groups in total. The molecule has 0 aliphatic heterocycles. The standard InChI is InChI=1S/C25H38N6O5/c1-14(2)21(31-23(33)18(27)9-6-7-11-26)24(34)29-15(3)22(32)30-20(25(35)36)12-16-13-28-19-10-5-4-8-17(16)19/h4-5,8,10,13-15,18,20-21,28H,6-7,9,11-12,26-27H2,1-3H3,(H,29,34)(H,30,32)(H,31,33)(H,35,36). The third-order valence-electron chi connectivity index (χ3n) is 6.02. The van der Waals surface area contributed by atoms with E-state index in [0.29, 0.717) is 19.4 Å². The van der Waals surface area contributed by atoms with E-state index in [4.69, 9.17) is 11.5 Å². The Hall–Kier alpha value is -3.44. The molecule has 1 aromatic heterocycles. The lowest BCUT2D eigenvalue weighted by Crippen LogP contribution is -2.57. The molecular formula is C25H38N6O5. The van der Waals surface area contributed by atoms with Crippen molar-refractivity contribution in [3.63, 3.8) is 0 Å². The molecule has 4 unspecified atom stereocenters. The van der Waals surface area contributed by atoms with E-state index in [0.717, 1.165) is 22.9 Å². The molecule has 0 saturated heterocycles. The van der Waals surface area contributed by atoms with Crippen LogP contribution in [0.1, 0.15) is 45.6 Å². The number of nitrogens with two attached hydrogens (primary N) is 2. The number of nitrogens with one attached hydrogen (secondary N) is 4. The molecule has 0 radical (unpaired) electrons. The predicted octanol–water partition coefficient (Wildman–Crippen LogP) is 0.382. The molecule has 11 heteroatoms. The van der Waals surface area contributed by atoms with E-state index in [1.54, 1.807) is 20.0 Å². The van der Waals surface area contributed by atoms with Gasteiger partial charge in [-0.05, 0) is 43.9 Å². The van der Waals surface area contributed by atoms with Crippen LogP contribution in [0.25, 0.3) is 10.9 Å². The summed E-state index contributed by atoms with van der Waals surface area (Å²) in [6.07, 6.45) is 3.68. The van der Waals surface area contributed by atoms with E-state index in [-0.39, 0.29) is 12.3 Å². The highest BCUT2D eigenvalue weighted by molar-refractivity contribution is 5.94. The first-order chi connectivity index (χ1) is 17.0. The maximum absolute atomic E-state index is 12.9. The number of H-pyrrole nitrogens is 1. The lowest BCUT2D eigenvalue weighted by atomic mass is 10.0. The molecule has 2 rings (SSSR count). The number of unbranched alkanes of at least 4 members (excludes halogenated alkanes) is 1. The summed E-state index contributed by atoms with van der Waals surface area (Å²) in [5, 5.41) is 18.3. The third-order valence-corrected chi connectivity index (χ3v) is 6.02. The summed E-state index contributed by atoms with van der Waals surface area (Å²) < 4.78 is 0. The van der Waals surface area contributed by atoms with E-state index in [1.165, 1.54) is 6.92 Å². The number of aromatic amines is 1. The number of amides is 3. The summed E-state index contributed by atoms with van der Waals surface area (Å²) in [4.78, 5) is 53.0. The number of hydrogen-bond acceptors (Lipinski definition) is 6. The maximum Gasteiger partial charge on any atom is 0.326 e. The molecule has 0 aliphatic carbocycles. The van der Waals surface area contributed by atoms with Crippen LogP contribution in [0.5, 0.6) is 0 Å². The first kappa shape index (κ1) is 28.8. The van der Waals surface area contributed by atoms with Crippen LogP contribution in [0.15, 0.2) is 30.5 Å². The zero-order valence-corrected chi connectivity index (χ0v) is 21.0. The average Bonchev–Trinajstić information content (AvgIpc) is 3.24. The number of rotatable bonds is 14. The molecule has 0 bridgehead atoms. The third kappa shape index (κ3) is 8.06. The molecule has 0 saturated carbocycles. The first-order valence-electron chi connectivity index (χ1n) is 12.2. The van der Waals surface area contributed by atoms with Crippen molar-refractivity contribution in [1.29, 1.82) is 0 Å². The number of carboxylic acids is 1. The van der Waals surface area contributed by atoms with Crippen molar-refractivity contribution in [2.75, 3.05) is 6.54 Å². The molecule has 198 valence electrons. The second-order valence-corrected chi connectivity index (χ2v) is 9.31. The van der Waals surface area contributed by atoms with Crippen LogP contribution < -0.4 is 27.4 Å². The zero-order chi connectivity index (χ0) is 26.8. The monoisotopic (exact) mass is 502 g/mol. The van der Waals surface area contributed by atoms with Crippen molar-refractivity contribution in [3.8, 4) is 0 Å². The van der Waals surface area contributed by atoms with Crippen LogP contribution in [-0.2, 0) is 25.6 Å². The van der Waals surface area contributed by atoms with Crippen molar-refractivity contribution in [1.82, 2.24) is 20.9 Å². The van der Waals surface area contributed by atoms with Crippen molar-refractivity contribution in [3.05, 3.63) is 36.0 Å². The molecule has 0 spiro atoms. The van der Waals surface area contributed by atoms with Crippen molar-refractivity contribution in [2.45, 2.75) is 70.6 Å². The number of carbonyl (C=O) groups is 4. The quantitative estimate of drug-likeness (QED) is 0.181. The minimum atomic E-state index is -1.19. The number of carboxylic acid groups (broad SMARTS) is 1. The number of para-hydroxylation sites is 1. The molecule has 4 atom stereocenters. The summed E-state index contributed by atoms with van der Waals surface area (Å²) in [5.74, 6) is -3.12. The van der Waals surface area contributed by atoms with Crippen LogP contribution in [0.4, 0.5) is 0 Å². The Kier molecular flexibility index (Phi) is 10.9. The number of fused-ring (bicyclic) bond motifs is 1. The summed E-state index contributed by atoms with van der Waals surface area (Å²) in [5.41, 5.74) is 13.0. The number of carbonyl (C=O) groups excluding carboxylic acids is 3. The van der Waals surface area contributed by atoms with Crippen molar-refractivity contribution >= 4 is 34.6 Å². The minimum Gasteiger partial charge on any atom is -0.480 e. The minimum absolute atomic E-state index is 0.0679. The first-order valence-corrected chi connectivity index (χ1v) is 12.2. The van der Waals surface area contributed by atoms with Crippen LogP contribution in [0, 0.1) is 5.92 Å². The van der Waals surface area contributed by atoms with Crippen LogP contribution in [0.2, 0.25) is 0 Å². The Morgan fingerprint density at radius 1 is 0.972 bits per heavy atom. The molecule has 2 aromatic rings. The van der Waals surface area contributed by atoms with Gasteiger partial charge in [0.05, 0.1) is 6.04 Å². The van der Waals surface area contributed by atoms with Gasteiger partial charge in [-0.25, -0.2) is 4.79 Å². The molecule has 1 heterocycles. The van der Waals surface area contributed by atoms with Gasteiger partial charge in [0, 0.05) is 23.5 Å². The second-order valence-electron chi connectivity index (χ2n) is 9.31. The van der Waals surface area contributed by atoms with E-state index in [2.05, 4.69) is 20.9 Å². The van der Waals surface area contributed by atoms with Crippen LogP contribution in [-0.4, -0.2) is 64.5 Å². The summed E-state index contributed by atoms with van der Waals surface area (Å²) >= 11 is 0. The molecule has 1 aromatic carbocycles. The van der Waals surface area contributed by atoms with Gasteiger partial charge >= 0.3 is 5.97 Å². The predicted molar refractivity (Wildman–Crippen MR) is 137 cm³/mol. The molecule has 3 amide bonds. The van der Waals surface area contributed by atoms with Crippen LogP contribution >= 0.6 is 0 Å². The van der Waals surface area contributed by atoms with Gasteiger partial charge in [0.2, 0.25) is 17.7 Å². The van der Waals surface area contributed by atoms with Gasteiger partial charge in [0.15, 0.2) is 0 Å². The van der Waals surface area contributed by atoms with Crippen molar-refractivity contribution < 1.29 is 24.3 Å². The molecule has 36 heavy (non-hydrogen) atoms. The fourth-order valence-corrected chi connectivity index (χ4v) is 3.82. The molecule has 0 aliphatic rings. The molecule has 11 nitrogen and oxygen atoms in total. The Labute approximate surface area is 210 Å². The lowest BCUT2D eigenvalue weighted by Gasteiger charge is -2.25. The van der Waals surface area contributed by atoms with Gasteiger partial charge in [-0.15, -0.1) is 0 Å². The van der Waals surface area contributed by atoms with Crippen molar-refractivity contribution in [2.24, 2.45) is 17.4 Å². The smallest absolute Gasteiger partial charge is 0.326 e. The zero-order valence-electron chi connectivity index (χ0n) is 21.0. The number of aromatic nitrogens is 1. The largest absolute Gasteiger partial charge is 0.480 e. The Morgan fingerprint density at radius 3 is 2.31 bits per heavy atom. The molecule has 0 fully saturated rings.